The molecule has 1 fully saturated rings. The van der Waals surface area contributed by atoms with E-state index in [1.54, 1.807) is 23.2 Å². The fraction of sp³-hybridized carbons (Fsp3) is 0.500. The average molecular weight is 252 g/mol. The van der Waals surface area contributed by atoms with Crippen molar-refractivity contribution in [1.82, 2.24) is 9.88 Å². The first-order valence-electron chi connectivity index (χ1n) is 5.82. The zero-order valence-electron chi connectivity index (χ0n) is 10.2. The van der Waals surface area contributed by atoms with E-state index in [2.05, 4.69) is 9.72 Å². The Bertz CT molecular complexity index is 416. The molecule has 1 N–H and O–H groups in total. The van der Waals surface area contributed by atoms with Crippen LogP contribution in [0, 0.1) is 0 Å². The number of morpholine rings is 1. The van der Waals surface area contributed by atoms with Gasteiger partial charge >= 0.3 is 5.97 Å². The molecule has 1 atom stereocenters. The second kappa shape index (κ2) is 5.68. The number of rotatable bonds is 3. The van der Waals surface area contributed by atoms with Crippen molar-refractivity contribution in [2.45, 2.75) is 12.5 Å². The predicted octanol–water partition coefficient (Wildman–Crippen LogP) is 0.419. The molecule has 1 aromatic rings. The molecule has 1 unspecified atom stereocenters. The quantitative estimate of drug-likeness (QED) is 0.791. The van der Waals surface area contributed by atoms with E-state index in [-0.39, 0.29) is 24.4 Å². The van der Waals surface area contributed by atoms with Crippen molar-refractivity contribution < 1.29 is 19.1 Å². The molecule has 2 heterocycles. The standard InChI is InChI=1S/C12H16N2O4/c1-17-11(15)7-9-8-14(5-6-18-9)12(16)10-3-2-4-13-10/h2-4,9,13H,5-8H2,1H3. The van der Waals surface area contributed by atoms with Crippen LogP contribution in [-0.2, 0) is 14.3 Å². The number of H-pyrrole nitrogens is 1. The lowest BCUT2D eigenvalue weighted by Crippen LogP contribution is -2.46. The van der Waals surface area contributed by atoms with Gasteiger partial charge in [-0.1, -0.05) is 0 Å². The van der Waals surface area contributed by atoms with E-state index in [0.29, 0.717) is 25.4 Å². The van der Waals surface area contributed by atoms with E-state index in [0.717, 1.165) is 0 Å². The highest BCUT2D eigenvalue weighted by Gasteiger charge is 2.27. The van der Waals surface area contributed by atoms with Crippen LogP contribution < -0.4 is 0 Å². The maximum absolute atomic E-state index is 12.1. The number of amides is 1. The lowest BCUT2D eigenvalue weighted by Gasteiger charge is -2.32. The molecule has 0 radical (unpaired) electrons. The molecule has 18 heavy (non-hydrogen) atoms. The molecular formula is C12H16N2O4. The second-order valence-electron chi connectivity index (χ2n) is 4.11. The molecule has 0 aliphatic carbocycles. The molecule has 0 saturated carbocycles. The molecule has 6 heteroatoms. The molecule has 1 aromatic heterocycles. The maximum atomic E-state index is 12.1. The van der Waals surface area contributed by atoms with Gasteiger partial charge in [-0.05, 0) is 12.1 Å². The fourth-order valence-corrected chi connectivity index (χ4v) is 1.93. The number of nitrogens with one attached hydrogen (secondary N) is 1. The second-order valence-corrected chi connectivity index (χ2v) is 4.11. The smallest absolute Gasteiger partial charge is 0.308 e. The molecule has 1 aliphatic heterocycles. The SMILES string of the molecule is COC(=O)CC1CN(C(=O)c2ccc[nH]2)CCO1. The van der Waals surface area contributed by atoms with E-state index in [4.69, 9.17) is 4.74 Å². The number of nitrogens with zero attached hydrogens (tertiary/aromatic N) is 1. The number of carbonyl (C=O) groups excluding carboxylic acids is 2. The maximum Gasteiger partial charge on any atom is 0.308 e. The van der Waals surface area contributed by atoms with E-state index in [9.17, 15) is 9.59 Å². The number of ether oxygens (including phenoxy) is 2. The lowest BCUT2D eigenvalue weighted by atomic mass is 10.2. The third-order valence-electron chi connectivity index (χ3n) is 2.88. The molecule has 1 amide bonds. The number of methoxy groups -OCH3 is 1. The molecule has 2 rings (SSSR count). The Morgan fingerprint density at radius 3 is 3.11 bits per heavy atom. The zero-order chi connectivity index (χ0) is 13.0. The molecule has 98 valence electrons. The third kappa shape index (κ3) is 2.89. The summed E-state index contributed by atoms with van der Waals surface area (Å²) in [5.41, 5.74) is 0.550. The Balaban J connectivity index is 1.94. The van der Waals surface area contributed by atoms with Crippen LogP contribution in [0.1, 0.15) is 16.9 Å². The van der Waals surface area contributed by atoms with Gasteiger partial charge < -0.3 is 19.4 Å². The van der Waals surface area contributed by atoms with Crippen molar-refractivity contribution in [1.29, 1.82) is 0 Å². The summed E-state index contributed by atoms with van der Waals surface area (Å²) in [5.74, 6) is -0.396. The van der Waals surface area contributed by atoms with Crippen LogP contribution >= 0.6 is 0 Å². The molecule has 1 aliphatic rings. The van der Waals surface area contributed by atoms with Gasteiger partial charge in [0.15, 0.2) is 0 Å². The highest BCUT2D eigenvalue weighted by molar-refractivity contribution is 5.92. The summed E-state index contributed by atoms with van der Waals surface area (Å²) < 4.78 is 10.0. The summed E-state index contributed by atoms with van der Waals surface area (Å²) in [6.07, 6.45) is 1.59. The van der Waals surface area contributed by atoms with Crippen LogP contribution in [0.4, 0.5) is 0 Å². The molecular weight excluding hydrogens is 236 g/mol. The van der Waals surface area contributed by atoms with E-state index < -0.39 is 0 Å². The minimum Gasteiger partial charge on any atom is -0.469 e. The van der Waals surface area contributed by atoms with Gasteiger partial charge in [0.25, 0.3) is 5.91 Å². The van der Waals surface area contributed by atoms with Gasteiger partial charge in [0.2, 0.25) is 0 Å². The third-order valence-corrected chi connectivity index (χ3v) is 2.88. The van der Waals surface area contributed by atoms with Gasteiger partial charge in [-0.15, -0.1) is 0 Å². The van der Waals surface area contributed by atoms with E-state index in [1.807, 2.05) is 0 Å². The Labute approximate surface area is 105 Å². The van der Waals surface area contributed by atoms with Crippen LogP contribution in [0.2, 0.25) is 0 Å². The van der Waals surface area contributed by atoms with Crippen LogP contribution in [0.15, 0.2) is 18.3 Å². The highest BCUT2D eigenvalue weighted by atomic mass is 16.5. The van der Waals surface area contributed by atoms with E-state index >= 15 is 0 Å². The summed E-state index contributed by atoms with van der Waals surface area (Å²) in [6, 6.07) is 3.51. The minimum absolute atomic E-state index is 0.0711. The number of hydrogen-bond acceptors (Lipinski definition) is 4. The predicted molar refractivity (Wildman–Crippen MR) is 63.1 cm³/mol. The van der Waals surface area contributed by atoms with E-state index in [1.165, 1.54) is 7.11 Å². The lowest BCUT2D eigenvalue weighted by molar-refractivity contribution is -0.145. The van der Waals surface area contributed by atoms with Crippen LogP contribution in [0.5, 0.6) is 0 Å². The van der Waals surface area contributed by atoms with Gasteiger partial charge in [0.1, 0.15) is 5.69 Å². The van der Waals surface area contributed by atoms with Crippen molar-refractivity contribution in [3.8, 4) is 0 Å². The summed E-state index contributed by atoms with van der Waals surface area (Å²) in [5, 5.41) is 0. The normalized spacial score (nSPS) is 19.6. The van der Waals surface area contributed by atoms with Gasteiger partial charge in [0.05, 0.1) is 26.2 Å². The monoisotopic (exact) mass is 252 g/mol. The first-order valence-corrected chi connectivity index (χ1v) is 5.82. The largest absolute Gasteiger partial charge is 0.469 e. The van der Waals surface area contributed by atoms with Crippen molar-refractivity contribution in [2.75, 3.05) is 26.8 Å². The summed E-state index contributed by atoms with van der Waals surface area (Å²) in [6.45, 7) is 1.39. The van der Waals surface area contributed by atoms with Gasteiger partial charge in [-0.3, -0.25) is 9.59 Å². The molecule has 6 nitrogen and oxygen atoms in total. The summed E-state index contributed by atoms with van der Waals surface area (Å²) in [7, 11) is 1.34. The minimum atomic E-state index is -0.325. The van der Waals surface area contributed by atoms with Crippen molar-refractivity contribution in [3.05, 3.63) is 24.0 Å². The van der Waals surface area contributed by atoms with Crippen molar-refractivity contribution >= 4 is 11.9 Å². The summed E-state index contributed by atoms with van der Waals surface area (Å²) in [4.78, 5) is 27.8. The molecule has 0 spiro atoms. The van der Waals surface area contributed by atoms with Crippen LogP contribution in [0.25, 0.3) is 0 Å². The van der Waals surface area contributed by atoms with Crippen LogP contribution in [0.3, 0.4) is 0 Å². The Morgan fingerprint density at radius 2 is 2.44 bits per heavy atom. The zero-order valence-corrected chi connectivity index (χ0v) is 10.2. The Kier molecular flexibility index (Phi) is 3.99. The van der Waals surface area contributed by atoms with Crippen molar-refractivity contribution in [2.24, 2.45) is 0 Å². The number of esters is 1. The number of aromatic amines is 1. The average Bonchev–Trinajstić information content (AvgIpc) is 2.92. The highest BCUT2D eigenvalue weighted by Crippen LogP contribution is 2.12. The molecule has 1 saturated heterocycles. The Morgan fingerprint density at radius 1 is 1.61 bits per heavy atom. The topological polar surface area (TPSA) is 71.6 Å². The fourth-order valence-electron chi connectivity index (χ4n) is 1.93. The molecule has 0 aromatic carbocycles. The van der Waals surface area contributed by atoms with Gasteiger partial charge in [-0.25, -0.2) is 0 Å². The molecule has 0 bridgehead atoms. The van der Waals surface area contributed by atoms with Gasteiger partial charge in [-0.2, -0.15) is 0 Å². The first kappa shape index (κ1) is 12.6. The summed E-state index contributed by atoms with van der Waals surface area (Å²) >= 11 is 0. The number of carbonyl (C=O) groups is 2. The first-order chi connectivity index (χ1) is 8.70. The number of hydrogen-bond donors (Lipinski definition) is 1. The Hall–Kier alpha value is -1.82. The number of aromatic nitrogens is 1. The van der Waals surface area contributed by atoms with Crippen molar-refractivity contribution in [3.63, 3.8) is 0 Å². The van der Waals surface area contributed by atoms with Gasteiger partial charge in [0, 0.05) is 19.3 Å². The van der Waals surface area contributed by atoms with Crippen LogP contribution in [-0.4, -0.2) is 54.7 Å².